The quantitative estimate of drug-likeness (QED) is 0.814. The maximum atomic E-state index is 11.7. The minimum absolute atomic E-state index is 0.192. The van der Waals surface area contributed by atoms with E-state index in [0.29, 0.717) is 30.5 Å². The Balaban J connectivity index is 2.48. The van der Waals surface area contributed by atoms with Crippen LogP contribution in [0.15, 0.2) is 24.3 Å². The standard InChI is InChI=1S/C14H22N2O2/c1-4-18-13-8-6-5-7-12(13)16-14(17)15-10-9-11(2)3/h5-8,11H,4,9-10H2,1-3H3,(H2,15,16,17). The lowest BCUT2D eigenvalue weighted by Crippen LogP contribution is -2.30. The summed E-state index contributed by atoms with van der Waals surface area (Å²) in [5.41, 5.74) is 0.696. The smallest absolute Gasteiger partial charge is 0.319 e. The van der Waals surface area contributed by atoms with E-state index in [1.165, 1.54) is 0 Å². The SMILES string of the molecule is CCOc1ccccc1NC(=O)NCCC(C)C. The van der Waals surface area contributed by atoms with Crippen molar-refractivity contribution in [1.29, 1.82) is 0 Å². The van der Waals surface area contributed by atoms with Gasteiger partial charge in [0.1, 0.15) is 5.75 Å². The number of hydrogen-bond donors (Lipinski definition) is 2. The fourth-order valence-electron chi connectivity index (χ4n) is 1.49. The van der Waals surface area contributed by atoms with Gasteiger partial charge in [0.25, 0.3) is 0 Å². The Kier molecular flexibility index (Phi) is 6.05. The predicted octanol–water partition coefficient (Wildman–Crippen LogP) is 3.25. The van der Waals surface area contributed by atoms with Gasteiger partial charge in [-0.25, -0.2) is 4.79 Å². The molecular formula is C14H22N2O2. The molecule has 0 radical (unpaired) electrons. The van der Waals surface area contributed by atoms with Crippen molar-refractivity contribution in [2.45, 2.75) is 27.2 Å². The molecule has 1 rings (SSSR count). The van der Waals surface area contributed by atoms with Crippen LogP contribution in [0.3, 0.4) is 0 Å². The highest BCUT2D eigenvalue weighted by molar-refractivity contribution is 5.90. The molecule has 0 atom stereocenters. The topological polar surface area (TPSA) is 50.4 Å². The van der Waals surface area contributed by atoms with Crippen LogP contribution < -0.4 is 15.4 Å². The van der Waals surface area contributed by atoms with E-state index in [1.807, 2.05) is 31.2 Å². The van der Waals surface area contributed by atoms with Crippen molar-refractivity contribution >= 4 is 11.7 Å². The van der Waals surface area contributed by atoms with Crippen LogP contribution in [-0.4, -0.2) is 19.2 Å². The van der Waals surface area contributed by atoms with Gasteiger partial charge in [-0.3, -0.25) is 0 Å². The van der Waals surface area contributed by atoms with Gasteiger partial charge in [-0.1, -0.05) is 26.0 Å². The normalized spacial score (nSPS) is 10.2. The molecule has 2 N–H and O–H groups in total. The van der Waals surface area contributed by atoms with Crippen LogP contribution in [0.25, 0.3) is 0 Å². The van der Waals surface area contributed by atoms with E-state index in [-0.39, 0.29) is 6.03 Å². The molecular weight excluding hydrogens is 228 g/mol. The van der Waals surface area contributed by atoms with Gasteiger partial charge in [-0.05, 0) is 31.4 Å². The number of carbonyl (C=O) groups excluding carboxylic acids is 1. The third-order valence-corrected chi connectivity index (χ3v) is 2.44. The zero-order chi connectivity index (χ0) is 13.4. The molecule has 0 aliphatic heterocycles. The number of rotatable bonds is 6. The molecule has 0 aliphatic carbocycles. The van der Waals surface area contributed by atoms with E-state index in [0.717, 1.165) is 6.42 Å². The van der Waals surface area contributed by atoms with Crippen LogP contribution in [-0.2, 0) is 0 Å². The van der Waals surface area contributed by atoms with Gasteiger partial charge in [0, 0.05) is 6.54 Å². The van der Waals surface area contributed by atoms with Gasteiger partial charge in [0.05, 0.1) is 12.3 Å². The minimum Gasteiger partial charge on any atom is -0.492 e. The molecule has 0 aliphatic rings. The number of amides is 2. The first-order valence-corrected chi connectivity index (χ1v) is 6.40. The van der Waals surface area contributed by atoms with E-state index in [1.54, 1.807) is 0 Å². The number of urea groups is 1. The lowest BCUT2D eigenvalue weighted by molar-refractivity contribution is 0.251. The van der Waals surface area contributed by atoms with Crippen LogP contribution in [0.1, 0.15) is 27.2 Å². The van der Waals surface area contributed by atoms with Crippen LogP contribution in [0, 0.1) is 5.92 Å². The zero-order valence-electron chi connectivity index (χ0n) is 11.3. The lowest BCUT2D eigenvalue weighted by Gasteiger charge is -2.12. The second kappa shape index (κ2) is 7.58. The Bertz CT molecular complexity index is 378. The first-order chi connectivity index (χ1) is 8.63. The zero-order valence-corrected chi connectivity index (χ0v) is 11.3. The maximum Gasteiger partial charge on any atom is 0.319 e. The third-order valence-electron chi connectivity index (χ3n) is 2.44. The van der Waals surface area contributed by atoms with Crippen molar-refractivity contribution in [2.24, 2.45) is 5.92 Å². The van der Waals surface area contributed by atoms with Crippen molar-refractivity contribution < 1.29 is 9.53 Å². The van der Waals surface area contributed by atoms with Crippen molar-refractivity contribution in [3.8, 4) is 5.75 Å². The van der Waals surface area contributed by atoms with E-state index >= 15 is 0 Å². The molecule has 0 saturated heterocycles. The molecule has 100 valence electrons. The molecule has 0 unspecified atom stereocenters. The van der Waals surface area contributed by atoms with Crippen molar-refractivity contribution in [1.82, 2.24) is 5.32 Å². The van der Waals surface area contributed by atoms with E-state index in [9.17, 15) is 4.79 Å². The number of nitrogens with one attached hydrogen (secondary N) is 2. The summed E-state index contributed by atoms with van der Waals surface area (Å²) in [7, 11) is 0. The predicted molar refractivity (Wildman–Crippen MR) is 74.1 cm³/mol. The van der Waals surface area contributed by atoms with Crippen LogP contribution >= 0.6 is 0 Å². The van der Waals surface area contributed by atoms with Crippen LogP contribution in [0.4, 0.5) is 10.5 Å². The molecule has 18 heavy (non-hydrogen) atoms. The first-order valence-electron chi connectivity index (χ1n) is 6.40. The molecule has 0 saturated carbocycles. The highest BCUT2D eigenvalue weighted by atomic mass is 16.5. The number of anilines is 1. The number of ether oxygens (including phenoxy) is 1. The summed E-state index contributed by atoms with van der Waals surface area (Å²) >= 11 is 0. The lowest BCUT2D eigenvalue weighted by atomic mass is 10.1. The van der Waals surface area contributed by atoms with E-state index in [4.69, 9.17) is 4.74 Å². The molecule has 0 bridgehead atoms. The summed E-state index contributed by atoms with van der Waals surface area (Å²) in [4.78, 5) is 11.7. The molecule has 2 amide bonds. The first kappa shape index (κ1) is 14.4. The number of hydrogen-bond acceptors (Lipinski definition) is 2. The Labute approximate surface area is 109 Å². The Morgan fingerprint density at radius 1 is 1.33 bits per heavy atom. The molecule has 4 heteroatoms. The van der Waals surface area contributed by atoms with Gasteiger partial charge in [-0.15, -0.1) is 0 Å². The number of para-hydroxylation sites is 2. The molecule has 0 spiro atoms. The fraction of sp³-hybridized carbons (Fsp3) is 0.500. The van der Waals surface area contributed by atoms with E-state index in [2.05, 4.69) is 24.5 Å². The molecule has 4 nitrogen and oxygen atoms in total. The largest absolute Gasteiger partial charge is 0.492 e. The van der Waals surface area contributed by atoms with Crippen molar-refractivity contribution in [3.63, 3.8) is 0 Å². The van der Waals surface area contributed by atoms with Crippen molar-refractivity contribution in [2.75, 3.05) is 18.5 Å². The van der Waals surface area contributed by atoms with Gasteiger partial charge in [-0.2, -0.15) is 0 Å². The summed E-state index contributed by atoms with van der Waals surface area (Å²) in [6.07, 6.45) is 0.973. The highest BCUT2D eigenvalue weighted by Crippen LogP contribution is 2.23. The van der Waals surface area contributed by atoms with Crippen LogP contribution in [0.2, 0.25) is 0 Å². The second-order valence-corrected chi connectivity index (χ2v) is 4.49. The van der Waals surface area contributed by atoms with Crippen molar-refractivity contribution in [3.05, 3.63) is 24.3 Å². The summed E-state index contributed by atoms with van der Waals surface area (Å²) in [5, 5.41) is 5.62. The molecule has 1 aromatic carbocycles. The Morgan fingerprint density at radius 3 is 2.72 bits per heavy atom. The van der Waals surface area contributed by atoms with Gasteiger partial charge < -0.3 is 15.4 Å². The van der Waals surface area contributed by atoms with Crippen LogP contribution in [0.5, 0.6) is 5.75 Å². The van der Waals surface area contributed by atoms with Gasteiger partial charge in [0.15, 0.2) is 0 Å². The summed E-state index contributed by atoms with van der Waals surface area (Å²) in [5.74, 6) is 1.28. The third kappa shape index (κ3) is 5.08. The molecule has 0 aromatic heterocycles. The van der Waals surface area contributed by atoms with Gasteiger partial charge in [0.2, 0.25) is 0 Å². The molecule has 0 fully saturated rings. The summed E-state index contributed by atoms with van der Waals surface area (Å²) in [6.45, 7) is 7.43. The maximum absolute atomic E-state index is 11.7. The monoisotopic (exact) mass is 250 g/mol. The summed E-state index contributed by atoms with van der Waals surface area (Å²) in [6, 6.07) is 7.22. The average molecular weight is 250 g/mol. The fourth-order valence-corrected chi connectivity index (χ4v) is 1.49. The Morgan fingerprint density at radius 2 is 2.06 bits per heavy atom. The number of benzene rings is 1. The Hall–Kier alpha value is -1.71. The minimum atomic E-state index is -0.192. The molecule has 0 heterocycles. The molecule has 1 aromatic rings. The van der Waals surface area contributed by atoms with E-state index < -0.39 is 0 Å². The summed E-state index contributed by atoms with van der Waals surface area (Å²) < 4.78 is 5.44. The second-order valence-electron chi connectivity index (χ2n) is 4.49. The average Bonchev–Trinajstić information content (AvgIpc) is 2.31. The van der Waals surface area contributed by atoms with Gasteiger partial charge >= 0.3 is 6.03 Å². The highest BCUT2D eigenvalue weighted by Gasteiger charge is 2.06. The number of carbonyl (C=O) groups is 1.